The Morgan fingerprint density at radius 3 is 2.47 bits per heavy atom. The summed E-state index contributed by atoms with van der Waals surface area (Å²) in [5.74, 6) is -1.14. The van der Waals surface area contributed by atoms with Gasteiger partial charge in [0.15, 0.2) is 0 Å². The van der Waals surface area contributed by atoms with Gasteiger partial charge in [0.25, 0.3) is 0 Å². The van der Waals surface area contributed by atoms with Crippen LogP contribution in [0.2, 0.25) is 0 Å². The highest BCUT2D eigenvalue weighted by Crippen LogP contribution is 2.39. The van der Waals surface area contributed by atoms with E-state index in [2.05, 4.69) is 0 Å². The Kier molecular flexibility index (Phi) is 2.73. The van der Waals surface area contributed by atoms with Gasteiger partial charge < -0.3 is 10.5 Å². The van der Waals surface area contributed by atoms with E-state index in [0.717, 1.165) is 25.0 Å². The predicted molar refractivity (Wildman–Crippen MR) is 53.6 cm³/mol. The maximum Gasteiger partial charge on any atom is 0.419 e. The van der Waals surface area contributed by atoms with Crippen molar-refractivity contribution in [2.24, 2.45) is 5.73 Å². The lowest BCUT2D eigenvalue weighted by Gasteiger charge is -2.14. The number of carbonyl (C=O) groups excluding carboxylic acids is 1. The van der Waals surface area contributed by atoms with E-state index in [1.165, 1.54) is 6.07 Å². The molecule has 1 aliphatic carbocycles. The summed E-state index contributed by atoms with van der Waals surface area (Å²) in [6.07, 6.45) is -3.19. The molecule has 2 N–H and O–H groups in total. The molecule has 1 saturated carbocycles. The molecule has 0 aromatic heterocycles. The highest BCUT2D eigenvalue weighted by atomic mass is 19.4. The van der Waals surface area contributed by atoms with Gasteiger partial charge in [-0.3, -0.25) is 4.79 Å². The minimum absolute atomic E-state index is 0.143. The van der Waals surface area contributed by atoms with Gasteiger partial charge in [-0.2, -0.15) is 13.2 Å². The molecule has 0 heterocycles. The van der Waals surface area contributed by atoms with Gasteiger partial charge in [0, 0.05) is 5.56 Å². The standard InChI is InChI=1S/C11H10F3NO2/c12-11(13,14)8-5-6(10(15)16)1-4-9(8)17-7-2-3-7/h1,4-5,7H,2-3H2,(H2,15,16). The van der Waals surface area contributed by atoms with Crippen molar-refractivity contribution in [1.29, 1.82) is 0 Å². The summed E-state index contributed by atoms with van der Waals surface area (Å²) in [4.78, 5) is 10.8. The van der Waals surface area contributed by atoms with Crippen LogP contribution in [-0.2, 0) is 6.18 Å². The first kappa shape index (κ1) is 11.8. The molecule has 0 aliphatic heterocycles. The lowest BCUT2D eigenvalue weighted by molar-refractivity contribution is -0.139. The maximum atomic E-state index is 12.7. The average Bonchev–Trinajstić information content (AvgIpc) is 3.00. The summed E-state index contributed by atoms with van der Waals surface area (Å²) in [7, 11) is 0. The third-order valence-electron chi connectivity index (χ3n) is 2.39. The third-order valence-corrected chi connectivity index (χ3v) is 2.39. The average molecular weight is 245 g/mol. The van der Waals surface area contributed by atoms with E-state index in [0.29, 0.717) is 0 Å². The van der Waals surface area contributed by atoms with E-state index in [1.54, 1.807) is 0 Å². The zero-order valence-electron chi connectivity index (χ0n) is 8.75. The van der Waals surface area contributed by atoms with Crippen molar-refractivity contribution in [1.82, 2.24) is 0 Å². The predicted octanol–water partition coefficient (Wildman–Crippen LogP) is 2.35. The Hall–Kier alpha value is -1.72. The summed E-state index contributed by atoms with van der Waals surface area (Å²) in [6, 6.07) is 3.09. The fourth-order valence-electron chi connectivity index (χ4n) is 1.37. The number of primary amides is 1. The molecule has 2 rings (SSSR count). The summed E-state index contributed by atoms with van der Waals surface area (Å²) < 4.78 is 43.3. The summed E-state index contributed by atoms with van der Waals surface area (Å²) in [6.45, 7) is 0. The van der Waals surface area contributed by atoms with Crippen molar-refractivity contribution < 1.29 is 22.7 Å². The number of carbonyl (C=O) groups is 1. The van der Waals surface area contributed by atoms with Crippen LogP contribution >= 0.6 is 0 Å². The van der Waals surface area contributed by atoms with Crippen LogP contribution in [0.4, 0.5) is 13.2 Å². The van der Waals surface area contributed by atoms with Gasteiger partial charge in [0.1, 0.15) is 5.75 Å². The Morgan fingerprint density at radius 2 is 2.00 bits per heavy atom. The van der Waals surface area contributed by atoms with Crippen molar-refractivity contribution in [3.63, 3.8) is 0 Å². The van der Waals surface area contributed by atoms with E-state index in [1.807, 2.05) is 0 Å². The molecule has 0 saturated heterocycles. The molecular weight excluding hydrogens is 235 g/mol. The maximum absolute atomic E-state index is 12.7. The van der Waals surface area contributed by atoms with Crippen LogP contribution in [0.25, 0.3) is 0 Å². The molecule has 92 valence electrons. The molecule has 6 heteroatoms. The second-order valence-corrected chi connectivity index (χ2v) is 3.89. The van der Waals surface area contributed by atoms with Gasteiger partial charge >= 0.3 is 6.18 Å². The largest absolute Gasteiger partial charge is 0.490 e. The number of hydrogen-bond donors (Lipinski definition) is 1. The van der Waals surface area contributed by atoms with Gasteiger partial charge in [0.2, 0.25) is 5.91 Å². The van der Waals surface area contributed by atoms with Gasteiger partial charge in [-0.1, -0.05) is 0 Å². The summed E-state index contributed by atoms with van der Waals surface area (Å²) in [5.41, 5.74) is 3.80. The number of benzene rings is 1. The van der Waals surface area contributed by atoms with Crippen molar-refractivity contribution >= 4 is 5.91 Å². The highest BCUT2D eigenvalue weighted by molar-refractivity contribution is 5.93. The van der Waals surface area contributed by atoms with Crippen molar-refractivity contribution in [3.05, 3.63) is 29.3 Å². The van der Waals surface area contributed by atoms with Crippen LogP contribution in [0, 0.1) is 0 Å². The Morgan fingerprint density at radius 1 is 1.35 bits per heavy atom. The molecule has 0 unspecified atom stereocenters. The van der Waals surface area contributed by atoms with Crippen LogP contribution in [0.15, 0.2) is 18.2 Å². The number of halogens is 3. The molecule has 3 nitrogen and oxygen atoms in total. The number of ether oxygens (including phenoxy) is 1. The normalized spacial score (nSPS) is 15.7. The monoisotopic (exact) mass is 245 g/mol. The van der Waals surface area contributed by atoms with E-state index in [4.69, 9.17) is 10.5 Å². The topological polar surface area (TPSA) is 52.3 Å². The Balaban J connectivity index is 2.39. The first-order valence-electron chi connectivity index (χ1n) is 5.05. The minimum Gasteiger partial charge on any atom is -0.490 e. The van der Waals surface area contributed by atoms with E-state index >= 15 is 0 Å². The van der Waals surface area contributed by atoms with Crippen molar-refractivity contribution in [2.45, 2.75) is 25.1 Å². The molecule has 1 aromatic rings. The number of hydrogen-bond acceptors (Lipinski definition) is 2. The van der Waals surface area contributed by atoms with E-state index in [9.17, 15) is 18.0 Å². The Labute approximate surface area is 95.4 Å². The lowest BCUT2D eigenvalue weighted by Crippen LogP contribution is -2.15. The number of rotatable bonds is 3. The lowest BCUT2D eigenvalue weighted by atomic mass is 10.1. The zero-order valence-corrected chi connectivity index (χ0v) is 8.75. The Bertz CT molecular complexity index is 453. The third kappa shape index (κ3) is 2.69. The van der Waals surface area contributed by atoms with Gasteiger partial charge in [0.05, 0.1) is 11.7 Å². The smallest absolute Gasteiger partial charge is 0.419 e. The first-order valence-corrected chi connectivity index (χ1v) is 5.05. The minimum atomic E-state index is -4.56. The zero-order chi connectivity index (χ0) is 12.6. The molecule has 1 aromatic carbocycles. The number of amides is 1. The molecule has 1 fully saturated rings. The quantitative estimate of drug-likeness (QED) is 0.888. The van der Waals surface area contributed by atoms with Gasteiger partial charge in [-0.25, -0.2) is 0 Å². The van der Waals surface area contributed by atoms with Gasteiger partial charge in [-0.05, 0) is 31.0 Å². The van der Waals surface area contributed by atoms with Crippen LogP contribution < -0.4 is 10.5 Å². The van der Waals surface area contributed by atoms with Gasteiger partial charge in [-0.15, -0.1) is 0 Å². The molecule has 17 heavy (non-hydrogen) atoms. The molecular formula is C11H10F3NO2. The second-order valence-electron chi connectivity index (χ2n) is 3.89. The summed E-state index contributed by atoms with van der Waals surface area (Å²) >= 11 is 0. The van der Waals surface area contributed by atoms with Crippen LogP contribution in [0.3, 0.4) is 0 Å². The number of alkyl halides is 3. The van der Waals surface area contributed by atoms with Crippen molar-refractivity contribution in [3.8, 4) is 5.75 Å². The summed E-state index contributed by atoms with van der Waals surface area (Å²) in [5, 5.41) is 0. The molecule has 0 atom stereocenters. The molecule has 0 spiro atoms. The van der Waals surface area contributed by atoms with E-state index < -0.39 is 17.6 Å². The fraction of sp³-hybridized carbons (Fsp3) is 0.364. The molecule has 1 aliphatic rings. The first-order chi connectivity index (χ1) is 7.88. The second kappa shape index (κ2) is 3.94. The SMILES string of the molecule is NC(=O)c1ccc(OC2CC2)c(C(F)(F)F)c1. The van der Waals surface area contributed by atoms with Crippen molar-refractivity contribution in [2.75, 3.05) is 0 Å². The molecule has 1 amide bonds. The fourth-order valence-corrected chi connectivity index (χ4v) is 1.37. The highest BCUT2D eigenvalue weighted by Gasteiger charge is 2.36. The van der Waals surface area contributed by atoms with Crippen LogP contribution in [0.5, 0.6) is 5.75 Å². The molecule has 0 radical (unpaired) electrons. The van der Waals surface area contributed by atoms with Crippen LogP contribution in [-0.4, -0.2) is 12.0 Å². The van der Waals surface area contributed by atoms with E-state index in [-0.39, 0.29) is 17.4 Å². The molecule has 0 bridgehead atoms. The van der Waals surface area contributed by atoms with Crippen LogP contribution in [0.1, 0.15) is 28.8 Å². The number of nitrogens with two attached hydrogens (primary N) is 1.